The Morgan fingerprint density at radius 3 is 2.38 bits per heavy atom. The molecule has 0 aromatic carbocycles. The summed E-state index contributed by atoms with van der Waals surface area (Å²) in [5, 5.41) is 12.2. The van der Waals surface area contributed by atoms with Gasteiger partial charge in [-0.1, -0.05) is 47.5 Å². The van der Waals surface area contributed by atoms with Crippen LogP contribution in [0.2, 0.25) is 0 Å². The van der Waals surface area contributed by atoms with Crippen molar-refractivity contribution < 1.29 is 18.9 Å². The van der Waals surface area contributed by atoms with Crippen LogP contribution in [0, 0.1) is 58.2 Å². The Morgan fingerprint density at radius 2 is 1.70 bits per heavy atom. The van der Waals surface area contributed by atoms with Gasteiger partial charge in [0, 0.05) is 27.7 Å². The maximum absolute atomic E-state index is 6.80. The maximum atomic E-state index is 6.80. The molecule has 40 heavy (non-hydrogen) atoms. The van der Waals surface area contributed by atoms with Gasteiger partial charge in [0.25, 0.3) is 0 Å². The Kier molecular flexibility index (Phi) is 9.31. The van der Waals surface area contributed by atoms with E-state index < -0.39 is 0 Å². The summed E-state index contributed by atoms with van der Waals surface area (Å²) < 4.78 is 26.2. The normalized spacial score (nSPS) is 43.6. The fourth-order valence-corrected chi connectivity index (χ4v) is 10.9. The van der Waals surface area contributed by atoms with E-state index in [9.17, 15) is 0 Å². The Morgan fingerprint density at radius 1 is 0.975 bits per heavy atom. The van der Waals surface area contributed by atoms with Crippen LogP contribution in [0.5, 0.6) is 0 Å². The summed E-state index contributed by atoms with van der Waals surface area (Å²) >= 11 is 0. The van der Waals surface area contributed by atoms with Crippen LogP contribution in [-0.4, -0.2) is 60.2 Å². The topological polar surface area (TPSA) is 80.5 Å². The Labute approximate surface area is 242 Å². The average Bonchev–Trinajstić information content (AvgIpc) is 3.48. The van der Waals surface area contributed by atoms with Gasteiger partial charge in [0.05, 0.1) is 12.2 Å². The summed E-state index contributed by atoms with van der Waals surface area (Å²) in [5.41, 5.74) is 0.603. The van der Waals surface area contributed by atoms with Crippen molar-refractivity contribution in [3.8, 4) is 0 Å². The van der Waals surface area contributed by atoms with Crippen LogP contribution < -0.4 is 0 Å². The fraction of sp³-hybridized carbons (Fsp3) is 0.969. The van der Waals surface area contributed by atoms with E-state index in [4.69, 9.17) is 18.9 Å². The highest BCUT2D eigenvalue weighted by Crippen LogP contribution is 2.70. The highest BCUT2D eigenvalue weighted by atomic mass is 16.7. The summed E-state index contributed by atoms with van der Waals surface area (Å²) in [5.74, 6) is 5.88. The molecule has 0 bridgehead atoms. The number of aromatic nitrogens is 4. The molecule has 0 aliphatic heterocycles. The van der Waals surface area contributed by atoms with Crippen LogP contribution in [0.15, 0.2) is 0 Å². The molecule has 228 valence electrons. The first kappa shape index (κ1) is 30.4. The molecule has 0 amide bonds. The molecule has 0 saturated heterocycles. The molecule has 1 aromatic rings. The van der Waals surface area contributed by atoms with Gasteiger partial charge in [0.2, 0.25) is 0 Å². The molecule has 0 radical (unpaired) electrons. The Hall–Kier alpha value is -1.09. The van der Waals surface area contributed by atoms with Crippen LogP contribution in [0.3, 0.4) is 0 Å². The van der Waals surface area contributed by atoms with Gasteiger partial charge in [-0.15, -0.1) is 5.10 Å². The Bertz CT molecular complexity index is 974. The Balaban J connectivity index is 1.48. The van der Waals surface area contributed by atoms with Gasteiger partial charge in [-0.05, 0) is 107 Å². The third kappa shape index (κ3) is 5.17. The zero-order chi connectivity index (χ0) is 28.7. The fourth-order valence-electron chi connectivity index (χ4n) is 10.9. The smallest absolute Gasteiger partial charge is 0.150 e. The number of ether oxygens (including phenoxy) is 4. The summed E-state index contributed by atoms with van der Waals surface area (Å²) in [4.78, 5) is 0. The number of tetrazole rings is 1. The monoisotopic (exact) mass is 560 g/mol. The van der Waals surface area contributed by atoms with Crippen molar-refractivity contribution in [2.24, 2.45) is 65.2 Å². The number of methoxy groups -OCH3 is 2. The second-order valence-electron chi connectivity index (χ2n) is 14.5. The molecule has 4 aliphatic rings. The van der Waals surface area contributed by atoms with E-state index in [-0.39, 0.29) is 17.6 Å². The van der Waals surface area contributed by atoms with E-state index in [1.165, 1.54) is 38.5 Å². The lowest BCUT2D eigenvalue weighted by atomic mass is 9.41. The van der Waals surface area contributed by atoms with Gasteiger partial charge in [0.15, 0.2) is 5.82 Å². The zero-order valence-corrected chi connectivity index (χ0v) is 26.5. The van der Waals surface area contributed by atoms with Crippen LogP contribution in [0.25, 0.3) is 0 Å². The number of aryl methyl sites for hydroxylation is 2. The van der Waals surface area contributed by atoms with E-state index >= 15 is 0 Å². The third-order valence-corrected chi connectivity index (χ3v) is 12.7. The lowest BCUT2D eigenvalue weighted by molar-refractivity contribution is -0.231. The zero-order valence-electron chi connectivity index (χ0n) is 26.5. The van der Waals surface area contributed by atoms with Crippen molar-refractivity contribution in [3.63, 3.8) is 0 Å². The van der Waals surface area contributed by atoms with Gasteiger partial charge < -0.3 is 18.9 Å². The van der Waals surface area contributed by atoms with Gasteiger partial charge in [-0.25, -0.2) is 4.68 Å². The first-order chi connectivity index (χ1) is 19.2. The second-order valence-corrected chi connectivity index (χ2v) is 14.5. The van der Waals surface area contributed by atoms with Crippen LogP contribution >= 0.6 is 0 Å². The number of hydrogen-bond donors (Lipinski definition) is 0. The molecule has 4 aliphatic carbocycles. The SMILES string of the molecule is CC[C@H]1C(OCOC)C2C3C[C@H](OCOC)[C@H]([C@H](C)CCc4nnnn4C)[C@@]3(C)CCC2[C@@]2(C)CC[C@@H](C)C[C@@H]12. The minimum absolute atomic E-state index is 0.196. The summed E-state index contributed by atoms with van der Waals surface area (Å²) in [6, 6.07) is 0. The highest BCUT2D eigenvalue weighted by molar-refractivity contribution is 5.15. The molecule has 4 fully saturated rings. The molecular formula is C32H56N4O4. The predicted octanol–water partition coefficient (Wildman–Crippen LogP) is 5.91. The number of nitrogens with zero attached hydrogens (tertiary/aromatic N) is 4. The van der Waals surface area contributed by atoms with E-state index in [1.54, 1.807) is 14.2 Å². The minimum Gasteiger partial charge on any atom is -0.359 e. The van der Waals surface area contributed by atoms with E-state index in [1.807, 2.05) is 11.7 Å². The molecule has 1 heterocycles. The predicted molar refractivity (Wildman–Crippen MR) is 154 cm³/mol. The van der Waals surface area contributed by atoms with E-state index in [2.05, 4.69) is 50.1 Å². The number of hydrogen-bond acceptors (Lipinski definition) is 7. The number of rotatable bonds is 11. The lowest BCUT2D eigenvalue weighted by Crippen LogP contribution is -2.62. The first-order valence-corrected chi connectivity index (χ1v) is 16.1. The van der Waals surface area contributed by atoms with Gasteiger partial charge in [0.1, 0.15) is 13.6 Å². The third-order valence-electron chi connectivity index (χ3n) is 12.7. The molecule has 8 heteroatoms. The average molecular weight is 561 g/mol. The van der Waals surface area contributed by atoms with Gasteiger partial charge in [-0.2, -0.15) is 0 Å². The van der Waals surface area contributed by atoms with Crippen molar-refractivity contribution in [1.29, 1.82) is 0 Å². The first-order valence-electron chi connectivity index (χ1n) is 16.1. The molecule has 4 saturated carbocycles. The summed E-state index contributed by atoms with van der Waals surface area (Å²) in [6.45, 7) is 13.3. The van der Waals surface area contributed by atoms with Crippen molar-refractivity contribution in [1.82, 2.24) is 20.2 Å². The van der Waals surface area contributed by atoms with Crippen LogP contribution in [0.1, 0.15) is 91.8 Å². The van der Waals surface area contributed by atoms with Crippen molar-refractivity contribution in [3.05, 3.63) is 5.82 Å². The standard InChI is InChI=1S/C32H56N4O4/c1-9-22-24-16-20(2)12-14-31(24,4)23-13-15-32(5)25(28(23)30(22)40-19-38-8)17-26(39-18-37-7)29(32)21(3)10-11-27-33-34-35-36(27)6/h20-26,28-30H,9-19H2,1-8H3/t20-,21-,22-,23?,24+,25?,26+,28?,29+,30?,31-,32+/m1/s1. The van der Waals surface area contributed by atoms with Crippen molar-refractivity contribution in [2.75, 3.05) is 27.8 Å². The minimum atomic E-state index is 0.196. The molecule has 12 atom stereocenters. The molecule has 0 spiro atoms. The van der Waals surface area contributed by atoms with Gasteiger partial charge in [-0.3, -0.25) is 0 Å². The largest absolute Gasteiger partial charge is 0.359 e. The molecule has 1 aromatic heterocycles. The summed E-state index contributed by atoms with van der Waals surface area (Å²) in [6.07, 6.45) is 11.3. The quantitative estimate of drug-likeness (QED) is 0.311. The second kappa shape index (κ2) is 12.3. The van der Waals surface area contributed by atoms with Crippen molar-refractivity contribution >= 4 is 0 Å². The molecule has 4 unspecified atom stereocenters. The van der Waals surface area contributed by atoms with Gasteiger partial charge >= 0.3 is 0 Å². The van der Waals surface area contributed by atoms with E-state index in [0.717, 1.165) is 36.9 Å². The molecule has 5 rings (SSSR count). The maximum Gasteiger partial charge on any atom is 0.150 e. The molecular weight excluding hydrogens is 504 g/mol. The molecule has 0 N–H and O–H groups in total. The highest BCUT2D eigenvalue weighted by Gasteiger charge is 2.67. The van der Waals surface area contributed by atoms with Crippen LogP contribution in [-0.2, 0) is 32.4 Å². The van der Waals surface area contributed by atoms with E-state index in [0.29, 0.717) is 54.5 Å². The summed E-state index contributed by atoms with van der Waals surface area (Å²) in [7, 11) is 5.45. The lowest BCUT2D eigenvalue weighted by Gasteiger charge is -2.65. The molecule has 8 nitrogen and oxygen atoms in total. The van der Waals surface area contributed by atoms with Crippen molar-refractivity contribution in [2.45, 2.75) is 105 Å². The number of fused-ring (bicyclic) bond motifs is 5. The van der Waals surface area contributed by atoms with Crippen LogP contribution in [0.4, 0.5) is 0 Å².